The number of aryl methyl sites for hydroxylation is 1. The van der Waals surface area contributed by atoms with Crippen LogP contribution in [0.3, 0.4) is 0 Å². The lowest BCUT2D eigenvalue weighted by Crippen LogP contribution is -2.30. The van der Waals surface area contributed by atoms with Gasteiger partial charge < -0.3 is 4.90 Å². The Kier molecular flexibility index (Phi) is 8.98. The lowest BCUT2D eigenvalue weighted by Gasteiger charge is -2.34. The van der Waals surface area contributed by atoms with E-state index in [0.717, 1.165) is 19.3 Å². The molecule has 2 aliphatic carbocycles. The van der Waals surface area contributed by atoms with Gasteiger partial charge in [-0.05, 0) is 116 Å². The largest absolute Gasteiger partial charge is 0.334 e. The number of anilines is 2. The molecule has 53 heavy (non-hydrogen) atoms. The number of hydrogen-bond acceptors (Lipinski definition) is 1. The molecule has 1 atom stereocenters. The molecule has 0 aromatic heterocycles. The van der Waals surface area contributed by atoms with Crippen molar-refractivity contribution in [2.75, 3.05) is 4.90 Å². The summed E-state index contributed by atoms with van der Waals surface area (Å²) in [5, 5.41) is 0. The van der Waals surface area contributed by atoms with Gasteiger partial charge in [0.15, 0.2) is 0 Å². The van der Waals surface area contributed by atoms with Crippen molar-refractivity contribution < 1.29 is 0 Å². The van der Waals surface area contributed by atoms with Crippen LogP contribution in [0.5, 0.6) is 0 Å². The first kappa shape index (κ1) is 32.5. The first-order chi connectivity index (χ1) is 26.3. The molecule has 1 unspecified atom stereocenters. The fraction of sp³-hybridized carbons (Fsp3) is 0.0769. The molecule has 0 saturated heterocycles. The van der Waals surface area contributed by atoms with Crippen molar-refractivity contribution in [3.05, 3.63) is 217 Å². The molecule has 2 aliphatic rings. The highest BCUT2D eigenvalue weighted by atomic mass is 15.2. The van der Waals surface area contributed by atoms with Gasteiger partial charge in [0.05, 0.1) is 6.04 Å². The minimum Gasteiger partial charge on any atom is -0.334 e. The molecule has 0 heterocycles. The highest BCUT2D eigenvalue weighted by Crippen LogP contribution is 2.39. The van der Waals surface area contributed by atoms with Crippen molar-refractivity contribution >= 4 is 23.0 Å². The summed E-state index contributed by atoms with van der Waals surface area (Å²) in [6.07, 6.45) is 14.8. The summed E-state index contributed by atoms with van der Waals surface area (Å²) < 4.78 is 0. The molecule has 0 N–H and O–H groups in total. The summed E-state index contributed by atoms with van der Waals surface area (Å²) in [7, 11) is 0. The van der Waals surface area contributed by atoms with Gasteiger partial charge in [-0.2, -0.15) is 0 Å². The molecule has 254 valence electrons. The predicted molar refractivity (Wildman–Crippen MR) is 226 cm³/mol. The molecule has 0 amide bonds. The standard InChI is InChI=1S/C52H41N/c1-3-13-38(14-4-1)40-27-31-48(32-28-40)53(50-22-12-21-47(37-50)52-24-10-9-23-51(52)42-16-5-2-6-17-42)49-33-29-41(30-34-49)44-19-11-20-45(35-44)46-26-25-39-15-7-8-18-43(39)36-46/h1-7,9-17,19-33,35-37,49H,8,18,34H2. The van der Waals surface area contributed by atoms with E-state index in [-0.39, 0.29) is 6.04 Å². The zero-order valence-electron chi connectivity index (χ0n) is 29.8. The first-order valence-electron chi connectivity index (χ1n) is 18.8. The number of nitrogens with zero attached hydrogens (tertiary/aromatic N) is 1. The third-order valence-corrected chi connectivity index (χ3v) is 10.7. The zero-order valence-corrected chi connectivity index (χ0v) is 29.8. The summed E-state index contributed by atoms with van der Waals surface area (Å²) in [6.45, 7) is 0. The van der Waals surface area contributed by atoms with Crippen molar-refractivity contribution in [3.8, 4) is 44.5 Å². The van der Waals surface area contributed by atoms with Gasteiger partial charge in [-0.1, -0.05) is 176 Å². The second-order valence-corrected chi connectivity index (χ2v) is 14.0. The van der Waals surface area contributed by atoms with Crippen LogP contribution in [0.15, 0.2) is 200 Å². The molecule has 0 fully saturated rings. The van der Waals surface area contributed by atoms with E-state index < -0.39 is 0 Å². The van der Waals surface area contributed by atoms with E-state index in [1.165, 1.54) is 78.1 Å². The Labute approximate surface area is 313 Å². The Morgan fingerprint density at radius 2 is 1.06 bits per heavy atom. The number of hydrogen-bond donors (Lipinski definition) is 0. The van der Waals surface area contributed by atoms with Gasteiger partial charge in [0, 0.05) is 11.4 Å². The van der Waals surface area contributed by atoms with Gasteiger partial charge in [-0.15, -0.1) is 0 Å². The predicted octanol–water partition coefficient (Wildman–Crippen LogP) is 13.9. The van der Waals surface area contributed by atoms with E-state index in [4.69, 9.17) is 0 Å². The van der Waals surface area contributed by atoms with E-state index in [1.54, 1.807) is 0 Å². The quantitative estimate of drug-likeness (QED) is 0.155. The van der Waals surface area contributed by atoms with Crippen LogP contribution in [0.4, 0.5) is 11.4 Å². The average Bonchev–Trinajstić information content (AvgIpc) is 3.25. The molecule has 0 aliphatic heterocycles. The minimum atomic E-state index is 0.151. The number of rotatable bonds is 8. The molecular weight excluding hydrogens is 639 g/mol. The van der Waals surface area contributed by atoms with Crippen molar-refractivity contribution in [2.24, 2.45) is 0 Å². The van der Waals surface area contributed by atoms with Gasteiger partial charge in [0.25, 0.3) is 0 Å². The fourth-order valence-electron chi connectivity index (χ4n) is 7.91. The zero-order chi connectivity index (χ0) is 35.4. The highest BCUT2D eigenvalue weighted by molar-refractivity contribution is 5.86. The molecule has 0 radical (unpaired) electrons. The summed E-state index contributed by atoms with van der Waals surface area (Å²) in [5.74, 6) is 0. The topological polar surface area (TPSA) is 3.24 Å². The van der Waals surface area contributed by atoms with Gasteiger partial charge in [-0.3, -0.25) is 0 Å². The van der Waals surface area contributed by atoms with Crippen LogP contribution in [0.1, 0.15) is 29.5 Å². The number of fused-ring (bicyclic) bond motifs is 1. The molecular formula is C52H41N. The fourth-order valence-corrected chi connectivity index (χ4v) is 7.91. The normalized spacial score (nSPS) is 14.7. The molecule has 1 heteroatoms. The summed E-state index contributed by atoms with van der Waals surface area (Å²) >= 11 is 0. The molecule has 0 bridgehead atoms. The minimum absolute atomic E-state index is 0.151. The molecule has 7 aromatic rings. The maximum Gasteiger partial charge on any atom is 0.0560 e. The van der Waals surface area contributed by atoms with E-state index in [0.29, 0.717) is 0 Å². The Hall–Kier alpha value is -6.44. The molecule has 0 spiro atoms. The summed E-state index contributed by atoms with van der Waals surface area (Å²) in [6, 6.07) is 64.3. The van der Waals surface area contributed by atoms with E-state index >= 15 is 0 Å². The number of benzene rings is 7. The van der Waals surface area contributed by atoms with E-state index in [9.17, 15) is 0 Å². The van der Waals surface area contributed by atoms with Gasteiger partial charge in [0.1, 0.15) is 0 Å². The second kappa shape index (κ2) is 14.7. The smallest absolute Gasteiger partial charge is 0.0560 e. The van der Waals surface area contributed by atoms with E-state index in [1.807, 2.05) is 0 Å². The molecule has 7 aromatic carbocycles. The number of allylic oxidation sites excluding steroid dienone is 3. The maximum absolute atomic E-state index is 2.51. The molecule has 0 saturated carbocycles. The third-order valence-electron chi connectivity index (χ3n) is 10.7. The Balaban J connectivity index is 1.05. The van der Waals surface area contributed by atoms with Crippen LogP contribution in [-0.2, 0) is 6.42 Å². The van der Waals surface area contributed by atoms with Crippen LogP contribution in [-0.4, -0.2) is 6.04 Å². The van der Waals surface area contributed by atoms with Crippen LogP contribution in [0, 0.1) is 0 Å². The van der Waals surface area contributed by atoms with Crippen molar-refractivity contribution in [1.82, 2.24) is 0 Å². The molecule has 1 nitrogen and oxygen atoms in total. The Bertz CT molecular complexity index is 2470. The van der Waals surface area contributed by atoms with Crippen LogP contribution in [0.2, 0.25) is 0 Å². The average molecular weight is 680 g/mol. The van der Waals surface area contributed by atoms with Crippen LogP contribution >= 0.6 is 0 Å². The van der Waals surface area contributed by atoms with Gasteiger partial charge in [0.2, 0.25) is 0 Å². The summed E-state index contributed by atoms with van der Waals surface area (Å²) in [4.78, 5) is 2.51. The van der Waals surface area contributed by atoms with Crippen LogP contribution < -0.4 is 4.90 Å². The van der Waals surface area contributed by atoms with E-state index in [2.05, 4.69) is 211 Å². The molecule has 9 rings (SSSR count). The first-order valence-corrected chi connectivity index (χ1v) is 18.8. The van der Waals surface area contributed by atoms with Gasteiger partial charge >= 0.3 is 0 Å². The Morgan fingerprint density at radius 3 is 1.83 bits per heavy atom. The third kappa shape index (κ3) is 6.82. The lowest BCUT2D eigenvalue weighted by molar-refractivity contribution is 0.787. The monoisotopic (exact) mass is 679 g/mol. The Morgan fingerprint density at radius 1 is 0.434 bits per heavy atom. The lowest BCUT2D eigenvalue weighted by atomic mass is 9.91. The maximum atomic E-state index is 2.51. The highest BCUT2D eigenvalue weighted by Gasteiger charge is 2.22. The van der Waals surface area contributed by atoms with Gasteiger partial charge in [-0.25, -0.2) is 0 Å². The van der Waals surface area contributed by atoms with Crippen molar-refractivity contribution in [3.63, 3.8) is 0 Å². The SMILES string of the molecule is C1=Cc2ccc(-c3cccc(C4=CCC(N(c5ccc(-c6ccccc6)cc5)c5cccc(-c6ccccc6-c6ccccc6)c5)C=C4)c3)cc2CC1. The van der Waals surface area contributed by atoms with Crippen molar-refractivity contribution in [2.45, 2.75) is 25.3 Å². The summed E-state index contributed by atoms with van der Waals surface area (Å²) in [5.41, 5.74) is 17.6. The van der Waals surface area contributed by atoms with Crippen LogP contribution in [0.25, 0.3) is 56.2 Å². The second-order valence-electron chi connectivity index (χ2n) is 14.0. The van der Waals surface area contributed by atoms with Crippen molar-refractivity contribution in [1.29, 1.82) is 0 Å².